The molecule has 36 heavy (non-hydrogen) atoms. The molecule has 0 saturated carbocycles. The van der Waals surface area contributed by atoms with Crippen molar-refractivity contribution < 1.29 is 13.2 Å². The second-order valence-corrected chi connectivity index (χ2v) is 11.1. The fourth-order valence-corrected chi connectivity index (χ4v) is 5.95. The van der Waals surface area contributed by atoms with Gasteiger partial charge in [0.25, 0.3) is 5.91 Å². The van der Waals surface area contributed by atoms with E-state index in [4.69, 9.17) is 11.6 Å². The van der Waals surface area contributed by atoms with Gasteiger partial charge < -0.3 is 4.90 Å². The first-order valence-electron chi connectivity index (χ1n) is 11.5. The predicted molar refractivity (Wildman–Crippen MR) is 138 cm³/mol. The summed E-state index contributed by atoms with van der Waals surface area (Å²) in [5, 5.41) is 2.27. The molecule has 0 N–H and O–H groups in total. The van der Waals surface area contributed by atoms with Gasteiger partial charge in [-0.25, -0.2) is 18.4 Å². The van der Waals surface area contributed by atoms with Crippen molar-refractivity contribution in [2.75, 3.05) is 26.2 Å². The number of hydrogen-bond acceptors (Lipinski definition) is 6. The molecule has 0 radical (unpaired) electrons. The minimum atomic E-state index is -3.70. The van der Waals surface area contributed by atoms with Gasteiger partial charge in [-0.05, 0) is 66.1 Å². The smallest absolute Gasteiger partial charge is 0.291 e. The Morgan fingerprint density at radius 2 is 1.56 bits per heavy atom. The number of aromatic nitrogens is 3. The number of amides is 1. The Hall–Kier alpha value is -3.40. The summed E-state index contributed by atoms with van der Waals surface area (Å²) in [7, 11) is -3.70. The molecule has 184 valence electrons. The standard InChI is InChI=1S/C26H24ClN5O3S/c1-17-18(2)28-8-7-24(17)21-15-29-25(30-16-21)26(33)31-9-11-32(12-10-31)36(34,35)23-6-4-19-13-22(27)5-3-20(19)14-23/h3-8,13-16H,9-12H2,1-2H3. The zero-order valence-corrected chi connectivity index (χ0v) is 21.4. The third kappa shape index (κ3) is 4.57. The molecule has 2 aromatic carbocycles. The Kier molecular flexibility index (Phi) is 6.46. The summed E-state index contributed by atoms with van der Waals surface area (Å²) >= 11 is 6.03. The molecule has 1 aliphatic heterocycles. The summed E-state index contributed by atoms with van der Waals surface area (Å²) in [6.45, 7) is 4.83. The summed E-state index contributed by atoms with van der Waals surface area (Å²) in [4.78, 5) is 27.6. The summed E-state index contributed by atoms with van der Waals surface area (Å²) in [6.07, 6.45) is 5.00. The number of hydrogen-bond donors (Lipinski definition) is 0. The Morgan fingerprint density at radius 3 is 2.28 bits per heavy atom. The monoisotopic (exact) mass is 521 g/mol. The molecule has 1 fully saturated rings. The normalized spacial score (nSPS) is 14.8. The number of fused-ring (bicyclic) bond motifs is 1. The number of piperazine rings is 1. The van der Waals surface area contributed by atoms with Gasteiger partial charge in [0.15, 0.2) is 0 Å². The third-order valence-corrected chi connectivity index (χ3v) is 8.68. The molecule has 0 spiro atoms. The number of rotatable bonds is 4. The highest BCUT2D eigenvalue weighted by molar-refractivity contribution is 7.89. The fourth-order valence-electron chi connectivity index (χ4n) is 4.31. The first kappa shape index (κ1) is 24.3. The lowest BCUT2D eigenvalue weighted by Crippen LogP contribution is -2.50. The Bertz CT molecular complexity index is 1570. The summed E-state index contributed by atoms with van der Waals surface area (Å²) < 4.78 is 27.9. The Morgan fingerprint density at radius 1 is 0.889 bits per heavy atom. The maximum absolute atomic E-state index is 13.2. The minimum absolute atomic E-state index is 0.0895. The Balaban J connectivity index is 1.27. The van der Waals surface area contributed by atoms with E-state index in [1.165, 1.54) is 4.31 Å². The average molecular weight is 522 g/mol. The van der Waals surface area contributed by atoms with E-state index in [2.05, 4.69) is 15.0 Å². The molecule has 5 rings (SSSR count). The number of aryl methyl sites for hydroxylation is 1. The highest BCUT2D eigenvalue weighted by Gasteiger charge is 2.31. The summed E-state index contributed by atoms with van der Waals surface area (Å²) in [5.74, 6) is -0.226. The second-order valence-electron chi connectivity index (χ2n) is 8.71. The number of carbonyl (C=O) groups is 1. The highest BCUT2D eigenvalue weighted by atomic mass is 35.5. The number of sulfonamides is 1. The largest absolute Gasteiger partial charge is 0.333 e. The molecule has 1 amide bonds. The van der Waals surface area contributed by atoms with Crippen molar-refractivity contribution in [2.24, 2.45) is 0 Å². The summed E-state index contributed by atoms with van der Waals surface area (Å²) in [5.41, 5.74) is 3.74. The molecule has 4 aromatic rings. The van der Waals surface area contributed by atoms with Gasteiger partial charge in [-0.1, -0.05) is 23.7 Å². The average Bonchev–Trinajstić information content (AvgIpc) is 2.89. The van der Waals surface area contributed by atoms with Gasteiger partial charge in [0.05, 0.1) is 4.90 Å². The van der Waals surface area contributed by atoms with Crippen molar-refractivity contribution in [3.05, 3.63) is 83.2 Å². The zero-order valence-electron chi connectivity index (χ0n) is 19.8. The first-order valence-corrected chi connectivity index (χ1v) is 13.3. The number of carbonyl (C=O) groups excluding carboxylic acids is 1. The van der Waals surface area contributed by atoms with E-state index in [-0.39, 0.29) is 42.8 Å². The molecular weight excluding hydrogens is 498 g/mol. The van der Waals surface area contributed by atoms with Crippen LogP contribution in [-0.2, 0) is 10.0 Å². The lowest BCUT2D eigenvalue weighted by atomic mass is 10.0. The van der Waals surface area contributed by atoms with Gasteiger partial charge in [0.2, 0.25) is 15.8 Å². The van der Waals surface area contributed by atoms with Crippen molar-refractivity contribution in [3.8, 4) is 11.1 Å². The van der Waals surface area contributed by atoms with Crippen LogP contribution in [-0.4, -0.2) is 64.7 Å². The van der Waals surface area contributed by atoms with E-state index in [0.717, 1.165) is 33.2 Å². The SMILES string of the molecule is Cc1nccc(-c2cnc(C(=O)N3CCN(S(=O)(=O)c4ccc5cc(Cl)ccc5c4)CC3)nc2)c1C. The molecule has 2 aromatic heterocycles. The lowest BCUT2D eigenvalue weighted by molar-refractivity contribution is 0.0685. The van der Waals surface area contributed by atoms with Crippen LogP contribution in [0.25, 0.3) is 21.9 Å². The van der Waals surface area contributed by atoms with Crippen molar-refractivity contribution in [2.45, 2.75) is 18.7 Å². The quantitative estimate of drug-likeness (QED) is 0.401. The first-order chi connectivity index (χ1) is 17.2. The molecule has 0 unspecified atom stereocenters. The number of halogens is 1. The van der Waals surface area contributed by atoms with E-state index in [0.29, 0.717) is 5.02 Å². The van der Waals surface area contributed by atoms with Crippen molar-refractivity contribution in [1.29, 1.82) is 0 Å². The van der Waals surface area contributed by atoms with Gasteiger partial charge in [0.1, 0.15) is 0 Å². The third-order valence-electron chi connectivity index (χ3n) is 6.55. The van der Waals surface area contributed by atoms with Crippen molar-refractivity contribution >= 4 is 38.3 Å². The maximum atomic E-state index is 13.2. The maximum Gasteiger partial charge on any atom is 0.291 e. The van der Waals surface area contributed by atoms with E-state index in [1.54, 1.807) is 59.9 Å². The van der Waals surface area contributed by atoms with Gasteiger partial charge >= 0.3 is 0 Å². The van der Waals surface area contributed by atoms with Crippen molar-refractivity contribution in [3.63, 3.8) is 0 Å². The van der Waals surface area contributed by atoms with E-state index in [9.17, 15) is 13.2 Å². The fraction of sp³-hybridized carbons (Fsp3) is 0.231. The van der Waals surface area contributed by atoms with Gasteiger partial charge in [-0.3, -0.25) is 9.78 Å². The van der Waals surface area contributed by atoms with Crippen LogP contribution in [0.2, 0.25) is 5.02 Å². The van der Waals surface area contributed by atoms with Crippen LogP contribution in [0.1, 0.15) is 21.9 Å². The summed E-state index contributed by atoms with van der Waals surface area (Å²) in [6, 6.07) is 12.2. The molecular formula is C26H24ClN5O3S. The molecule has 3 heterocycles. The van der Waals surface area contributed by atoms with E-state index < -0.39 is 10.0 Å². The molecule has 1 aliphatic rings. The molecule has 0 atom stereocenters. The van der Waals surface area contributed by atoms with Crippen LogP contribution < -0.4 is 0 Å². The topological polar surface area (TPSA) is 96.4 Å². The molecule has 0 bridgehead atoms. The van der Waals surface area contributed by atoms with Crippen LogP contribution >= 0.6 is 11.6 Å². The van der Waals surface area contributed by atoms with Crippen LogP contribution in [0, 0.1) is 13.8 Å². The van der Waals surface area contributed by atoms with Crippen LogP contribution in [0.5, 0.6) is 0 Å². The van der Waals surface area contributed by atoms with E-state index >= 15 is 0 Å². The van der Waals surface area contributed by atoms with Gasteiger partial charge in [-0.2, -0.15) is 4.31 Å². The lowest BCUT2D eigenvalue weighted by Gasteiger charge is -2.33. The van der Waals surface area contributed by atoms with Gasteiger partial charge in [0, 0.05) is 61.0 Å². The zero-order chi connectivity index (χ0) is 25.4. The molecule has 10 heteroatoms. The number of pyridine rings is 1. The second kappa shape index (κ2) is 9.57. The van der Waals surface area contributed by atoms with Crippen LogP contribution in [0.4, 0.5) is 0 Å². The molecule has 8 nitrogen and oxygen atoms in total. The van der Waals surface area contributed by atoms with Crippen LogP contribution in [0.15, 0.2) is 66.0 Å². The van der Waals surface area contributed by atoms with E-state index in [1.807, 2.05) is 19.9 Å². The van der Waals surface area contributed by atoms with Gasteiger partial charge in [-0.15, -0.1) is 0 Å². The highest BCUT2D eigenvalue weighted by Crippen LogP contribution is 2.26. The number of nitrogens with zero attached hydrogens (tertiary/aromatic N) is 5. The molecule has 0 aliphatic carbocycles. The predicted octanol–water partition coefficient (Wildman–Crippen LogP) is 4.11. The minimum Gasteiger partial charge on any atom is -0.333 e. The van der Waals surface area contributed by atoms with Crippen molar-refractivity contribution in [1.82, 2.24) is 24.2 Å². The Labute approximate surface area is 214 Å². The number of benzene rings is 2. The molecule has 1 saturated heterocycles. The van der Waals surface area contributed by atoms with Crippen LogP contribution in [0.3, 0.4) is 0 Å².